The highest BCUT2D eigenvalue weighted by atomic mass is 32.2. The maximum Gasteiger partial charge on any atom is 0.225 e. The van der Waals surface area contributed by atoms with Crippen LogP contribution in [0.3, 0.4) is 0 Å². The van der Waals surface area contributed by atoms with E-state index in [-0.39, 0.29) is 11.9 Å². The Balaban J connectivity index is 1.93. The molecule has 1 aliphatic rings. The zero-order valence-electron chi connectivity index (χ0n) is 10.7. The van der Waals surface area contributed by atoms with E-state index >= 15 is 0 Å². The topological polar surface area (TPSA) is 55.1 Å². The second-order valence-electron chi connectivity index (χ2n) is 4.68. The van der Waals surface area contributed by atoms with Crippen molar-refractivity contribution < 1.29 is 4.79 Å². The van der Waals surface area contributed by atoms with Crippen molar-refractivity contribution in [2.45, 2.75) is 37.1 Å². The second-order valence-corrected chi connectivity index (χ2v) is 5.99. The smallest absolute Gasteiger partial charge is 0.225 e. The van der Waals surface area contributed by atoms with Crippen molar-refractivity contribution in [1.29, 1.82) is 0 Å². The van der Waals surface area contributed by atoms with Crippen LogP contribution in [0.15, 0.2) is 29.2 Å². The van der Waals surface area contributed by atoms with E-state index in [4.69, 9.17) is 5.73 Å². The first kappa shape index (κ1) is 13.4. The standard InChI is InChI=1S/C14H20N2OS/c1-2-18-13-6-4-3-5-12(13)16-14(17)9-11(15)10-7-8-10/h3-6,10-11H,2,7-9,15H2,1H3,(H,16,17). The van der Waals surface area contributed by atoms with Gasteiger partial charge in [-0.05, 0) is 36.6 Å². The number of benzene rings is 1. The van der Waals surface area contributed by atoms with Gasteiger partial charge in [-0.2, -0.15) is 0 Å². The van der Waals surface area contributed by atoms with Crippen LogP contribution < -0.4 is 11.1 Å². The summed E-state index contributed by atoms with van der Waals surface area (Å²) in [6.45, 7) is 2.10. The van der Waals surface area contributed by atoms with Crippen LogP contribution in [-0.4, -0.2) is 17.7 Å². The number of para-hydroxylation sites is 1. The summed E-state index contributed by atoms with van der Waals surface area (Å²) >= 11 is 1.74. The number of rotatable bonds is 6. The van der Waals surface area contributed by atoms with Crippen molar-refractivity contribution in [1.82, 2.24) is 0 Å². The van der Waals surface area contributed by atoms with Crippen LogP contribution in [0.2, 0.25) is 0 Å². The SMILES string of the molecule is CCSc1ccccc1NC(=O)CC(N)C1CC1. The van der Waals surface area contributed by atoms with E-state index in [2.05, 4.69) is 12.2 Å². The first-order valence-corrected chi connectivity index (χ1v) is 7.46. The molecule has 0 radical (unpaired) electrons. The number of thioether (sulfide) groups is 1. The van der Waals surface area contributed by atoms with E-state index < -0.39 is 0 Å². The van der Waals surface area contributed by atoms with Gasteiger partial charge in [-0.25, -0.2) is 0 Å². The van der Waals surface area contributed by atoms with E-state index in [1.807, 2.05) is 24.3 Å². The number of carbonyl (C=O) groups is 1. The number of anilines is 1. The third-order valence-electron chi connectivity index (χ3n) is 3.11. The second kappa shape index (κ2) is 6.25. The lowest BCUT2D eigenvalue weighted by Crippen LogP contribution is -2.28. The van der Waals surface area contributed by atoms with Crippen LogP contribution in [0.5, 0.6) is 0 Å². The predicted octanol–water partition coefficient (Wildman–Crippen LogP) is 2.86. The van der Waals surface area contributed by atoms with Gasteiger partial charge in [0.2, 0.25) is 5.91 Å². The molecule has 18 heavy (non-hydrogen) atoms. The fourth-order valence-electron chi connectivity index (χ4n) is 1.96. The molecule has 0 saturated heterocycles. The van der Waals surface area contributed by atoms with Gasteiger partial charge in [0.15, 0.2) is 0 Å². The summed E-state index contributed by atoms with van der Waals surface area (Å²) in [5.74, 6) is 1.59. The summed E-state index contributed by atoms with van der Waals surface area (Å²) in [7, 11) is 0. The monoisotopic (exact) mass is 264 g/mol. The van der Waals surface area contributed by atoms with Gasteiger partial charge in [0.05, 0.1) is 5.69 Å². The van der Waals surface area contributed by atoms with Crippen LogP contribution in [0, 0.1) is 5.92 Å². The Hall–Kier alpha value is -1.00. The predicted molar refractivity (Wildman–Crippen MR) is 76.8 cm³/mol. The molecule has 1 atom stereocenters. The van der Waals surface area contributed by atoms with Crippen LogP contribution in [0.4, 0.5) is 5.69 Å². The zero-order chi connectivity index (χ0) is 13.0. The lowest BCUT2D eigenvalue weighted by atomic mass is 10.1. The first-order valence-electron chi connectivity index (χ1n) is 6.48. The molecule has 0 aliphatic heterocycles. The molecule has 1 amide bonds. The first-order chi connectivity index (χ1) is 8.70. The summed E-state index contributed by atoms with van der Waals surface area (Å²) in [4.78, 5) is 13.0. The summed E-state index contributed by atoms with van der Waals surface area (Å²) < 4.78 is 0. The average molecular weight is 264 g/mol. The normalized spacial score (nSPS) is 16.3. The van der Waals surface area contributed by atoms with Crippen molar-refractivity contribution >= 4 is 23.4 Å². The van der Waals surface area contributed by atoms with E-state index in [1.54, 1.807) is 11.8 Å². The Morgan fingerprint density at radius 1 is 1.50 bits per heavy atom. The highest BCUT2D eigenvalue weighted by molar-refractivity contribution is 7.99. The number of amides is 1. The number of nitrogens with two attached hydrogens (primary N) is 1. The fourth-order valence-corrected chi connectivity index (χ4v) is 2.72. The lowest BCUT2D eigenvalue weighted by Gasteiger charge is -2.12. The van der Waals surface area contributed by atoms with E-state index in [0.29, 0.717) is 12.3 Å². The van der Waals surface area contributed by atoms with Crippen LogP contribution in [0.1, 0.15) is 26.2 Å². The van der Waals surface area contributed by atoms with Crippen LogP contribution >= 0.6 is 11.8 Å². The third-order valence-corrected chi connectivity index (χ3v) is 4.07. The summed E-state index contributed by atoms with van der Waals surface area (Å²) in [5, 5.41) is 2.97. The number of hydrogen-bond donors (Lipinski definition) is 2. The Kier molecular flexibility index (Phi) is 4.66. The molecule has 1 aliphatic carbocycles. The molecule has 3 nitrogen and oxygen atoms in total. The number of carbonyl (C=O) groups excluding carboxylic acids is 1. The van der Waals surface area contributed by atoms with Crippen molar-refractivity contribution in [3.05, 3.63) is 24.3 Å². The van der Waals surface area contributed by atoms with Gasteiger partial charge in [0, 0.05) is 17.4 Å². The van der Waals surface area contributed by atoms with Crippen molar-refractivity contribution in [2.24, 2.45) is 11.7 Å². The van der Waals surface area contributed by atoms with E-state index in [0.717, 1.165) is 16.3 Å². The van der Waals surface area contributed by atoms with E-state index in [1.165, 1.54) is 12.8 Å². The van der Waals surface area contributed by atoms with Gasteiger partial charge in [-0.1, -0.05) is 19.1 Å². The molecule has 0 spiro atoms. The van der Waals surface area contributed by atoms with Gasteiger partial charge in [0.25, 0.3) is 0 Å². The van der Waals surface area contributed by atoms with Crippen molar-refractivity contribution in [3.8, 4) is 0 Å². The molecule has 1 fully saturated rings. The molecular formula is C14H20N2OS. The maximum absolute atomic E-state index is 11.9. The molecule has 0 aromatic heterocycles. The van der Waals surface area contributed by atoms with Gasteiger partial charge in [-0.3, -0.25) is 4.79 Å². The van der Waals surface area contributed by atoms with Crippen molar-refractivity contribution in [2.75, 3.05) is 11.1 Å². The van der Waals surface area contributed by atoms with Gasteiger partial charge in [0.1, 0.15) is 0 Å². The van der Waals surface area contributed by atoms with Gasteiger partial charge < -0.3 is 11.1 Å². The van der Waals surface area contributed by atoms with Gasteiger partial charge in [-0.15, -0.1) is 11.8 Å². The molecule has 2 rings (SSSR count). The van der Waals surface area contributed by atoms with E-state index in [9.17, 15) is 4.79 Å². The fraction of sp³-hybridized carbons (Fsp3) is 0.500. The van der Waals surface area contributed by atoms with Crippen LogP contribution in [0.25, 0.3) is 0 Å². The largest absolute Gasteiger partial charge is 0.327 e. The third kappa shape index (κ3) is 3.75. The van der Waals surface area contributed by atoms with Crippen molar-refractivity contribution in [3.63, 3.8) is 0 Å². The lowest BCUT2D eigenvalue weighted by molar-refractivity contribution is -0.116. The minimum atomic E-state index is 0.0241. The molecule has 0 bridgehead atoms. The quantitative estimate of drug-likeness (QED) is 0.777. The Bertz CT molecular complexity index is 418. The summed E-state index contributed by atoms with van der Waals surface area (Å²) in [6.07, 6.45) is 2.78. The average Bonchev–Trinajstić information content (AvgIpc) is 3.15. The van der Waals surface area contributed by atoms with Gasteiger partial charge >= 0.3 is 0 Å². The summed E-state index contributed by atoms with van der Waals surface area (Å²) in [6, 6.07) is 7.93. The number of nitrogens with one attached hydrogen (secondary N) is 1. The number of hydrogen-bond acceptors (Lipinski definition) is 3. The Morgan fingerprint density at radius 2 is 2.22 bits per heavy atom. The highest BCUT2D eigenvalue weighted by Gasteiger charge is 2.29. The Morgan fingerprint density at radius 3 is 2.89 bits per heavy atom. The molecule has 0 heterocycles. The summed E-state index contributed by atoms with van der Waals surface area (Å²) in [5.41, 5.74) is 6.86. The zero-order valence-corrected chi connectivity index (χ0v) is 11.5. The molecular weight excluding hydrogens is 244 g/mol. The molecule has 3 N–H and O–H groups in total. The molecule has 1 saturated carbocycles. The molecule has 98 valence electrons. The Labute approximate surface area is 113 Å². The molecule has 1 unspecified atom stereocenters. The molecule has 1 aromatic carbocycles. The maximum atomic E-state index is 11.9. The molecule has 4 heteroatoms. The minimum absolute atomic E-state index is 0.0241. The van der Waals surface area contributed by atoms with Crippen LogP contribution in [-0.2, 0) is 4.79 Å². The minimum Gasteiger partial charge on any atom is -0.327 e. The highest BCUT2D eigenvalue weighted by Crippen LogP contribution is 2.33. The molecule has 1 aromatic rings.